The molecule has 2 aliphatic heterocycles. The summed E-state index contributed by atoms with van der Waals surface area (Å²) in [6.45, 7) is 5.05. The molecule has 1 atom stereocenters. The lowest BCUT2D eigenvalue weighted by molar-refractivity contribution is -0.137. The number of H-pyrrole nitrogens is 1. The Labute approximate surface area is 158 Å². The van der Waals surface area contributed by atoms with Gasteiger partial charge in [0, 0.05) is 30.1 Å². The quantitative estimate of drug-likeness (QED) is 0.887. The number of nitrogens with zero attached hydrogens (tertiary/aromatic N) is 4. The van der Waals surface area contributed by atoms with Gasteiger partial charge in [0.1, 0.15) is 5.82 Å². The van der Waals surface area contributed by atoms with Crippen LogP contribution < -0.4 is 5.56 Å². The number of pyridine rings is 1. The Morgan fingerprint density at radius 1 is 1.22 bits per heavy atom. The Morgan fingerprint density at radius 3 is 2.67 bits per heavy atom. The topological polar surface area (TPSA) is 82.2 Å². The fourth-order valence-electron chi connectivity index (χ4n) is 4.13. The molecular formula is C20H25N5O2. The standard InChI is InChI=1S/C20H25N5O2/c1-2-17(24-10-3-4-11-24)20(27)25-12-7-15-16(13-25)22-18(23-19(15)26)14-5-8-21-9-6-14/h5-6,8-9,17H,2-4,7,10-13H2,1H3,(H,22,23,26)/t17-/m0/s1. The number of aromatic nitrogens is 3. The second kappa shape index (κ2) is 7.60. The molecule has 4 rings (SSSR count). The van der Waals surface area contributed by atoms with Crippen LogP contribution in [0.2, 0.25) is 0 Å². The van der Waals surface area contributed by atoms with Gasteiger partial charge in [-0.15, -0.1) is 0 Å². The lowest BCUT2D eigenvalue weighted by Crippen LogP contribution is -2.49. The van der Waals surface area contributed by atoms with Gasteiger partial charge < -0.3 is 9.88 Å². The van der Waals surface area contributed by atoms with Gasteiger partial charge in [0.25, 0.3) is 5.56 Å². The van der Waals surface area contributed by atoms with Gasteiger partial charge in [0.15, 0.2) is 0 Å². The average molecular weight is 367 g/mol. The van der Waals surface area contributed by atoms with Gasteiger partial charge in [-0.1, -0.05) is 6.92 Å². The molecular weight excluding hydrogens is 342 g/mol. The van der Waals surface area contributed by atoms with Gasteiger partial charge >= 0.3 is 0 Å². The molecule has 2 aromatic heterocycles. The highest BCUT2D eigenvalue weighted by molar-refractivity contribution is 5.82. The van der Waals surface area contributed by atoms with Crippen LogP contribution in [-0.4, -0.2) is 56.3 Å². The lowest BCUT2D eigenvalue weighted by atomic mass is 10.0. The fourth-order valence-corrected chi connectivity index (χ4v) is 4.13. The van der Waals surface area contributed by atoms with E-state index in [-0.39, 0.29) is 17.5 Å². The maximum Gasteiger partial charge on any atom is 0.254 e. The number of fused-ring (bicyclic) bond motifs is 1. The van der Waals surface area contributed by atoms with E-state index in [0.717, 1.165) is 25.1 Å². The van der Waals surface area contributed by atoms with E-state index in [1.807, 2.05) is 17.0 Å². The molecule has 0 spiro atoms. The summed E-state index contributed by atoms with van der Waals surface area (Å²) in [7, 11) is 0. The number of likely N-dealkylation sites (tertiary alicyclic amines) is 1. The molecule has 4 heterocycles. The number of nitrogens with one attached hydrogen (secondary N) is 1. The first kappa shape index (κ1) is 17.9. The zero-order valence-corrected chi connectivity index (χ0v) is 15.6. The summed E-state index contributed by atoms with van der Waals surface area (Å²) < 4.78 is 0. The van der Waals surface area contributed by atoms with Crippen molar-refractivity contribution in [3.63, 3.8) is 0 Å². The van der Waals surface area contributed by atoms with Crippen LogP contribution >= 0.6 is 0 Å². The van der Waals surface area contributed by atoms with Crippen molar-refractivity contribution in [1.82, 2.24) is 24.8 Å². The lowest BCUT2D eigenvalue weighted by Gasteiger charge is -2.34. The van der Waals surface area contributed by atoms with Crippen molar-refractivity contribution >= 4 is 5.91 Å². The third kappa shape index (κ3) is 3.51. The number of rotatable bonds is 4. The van der Waals surface area contributed by atoms with E-state index < -0.39 is 0 Å². The van der Waals surface area contributed by atoms with Crippen LogP contribution in [0.3, 0.4) is 0 Å². The summed E-state index contributed by atoms with van der Waals surface area (Å²) in [5.41, 5.74) is 2.12. The van der Waals surface area contributed by atoms with E-state index in [1.54, 1.807) is 12.4 Å². The zero-order chi connectivity index (χ0) is 18.8. The van der Waals surface area contributed by atoms with E-state index in [0.29, 0.717) is 36.6 Å². The molecule has 1 amide bonds. The Morgan fingerprint density at radius 2 is 1.96 bits per heavy atom. The van der Waals surface area contributed by atoms with E-state index in [9.17, 15) is 9.59 Å². The molecule has 142 valence electrons. The molecule has 0 aliphatic carbocycles. The molecule has 7 nitrogen and oxygen atoms in total. The molecule has 2 aromatic rings. The Balaban J connectivity index is 1.59. The third-order valence-corrected chi connectivity index (χ3v) is 5.59. The third-order valence-electron chi connectivity index (χ3n) is 5.59. The molecule has 1 saturated heterocycles. The van der Waals surface area contributed by atoms with Crippen LogP contribution in [0.15, 0.2) is 29.3 Å². The summed E-state index contributed by atoms with van der Waals surface area (Å²) in [6, 6.07) is 3.57. The minimum Gasteiger partial charge on any atom is -0.335 e. The van der Waals surface area contributed by atoms with Crippen LogP contribution in [0, 0.1) is 0 Å². The zero-order valence-electron chi connectivity index (χ0n) is 15.6. The largest absolute Gasteiger partial charge is 0.335 e. The first-order chi connectivity index (χ1) is 13.2. The van der Waals surface area contributed by atoms with Crippen molar-refractivity contribution in [2.24, 2.45) is 0 Å². The van der Waals surface area contributed by atoms with Gasteiger partial charge in [-0.05, 0) is 50.9 Å². The summed E-state index contributed by atoms with van der Waals surface area (Å²) in [5.74, 6) is 0.694. The van der Waals surface area contributed by atoms with Crippen molar-refractivity contribution in [2.45, 2.75) is 45.2 Å². The minimum atomic E-state index is -0.106. The molecule has 0 unspecified atom stereocenters. The maximum atomic E-state index is 13.1. The normalized spacial score (nSPS) is 18.3. The highest BCUT2D eigenvalue weighted by Gasteiger charge is 2.32. The number of carbonyl (C=O) groups excluding carboxylic acids is 1. The second-order valence-corrected chi connectivity index (χ2v) is 7.25. The van der Waals surface area contributed by atoms with Crippen molar-refractivity contribution in [2.75, 3.05) is 19.6 Å². The van der Waals surface area contributed by atoms with Crippen LogP contribution in [0.1, 0.15) is 37.4 Å². The van der Waals surface area contributed by atoms with Crippen LogP contribution in [0.4, 0.5) is 0 Å². The SMILES string of the molecule is CC[C@@H](C(=O)N1CCc2c(nc(-c3ccncc3)[nH]c2=O)C1)N1CCCC1. The van der Waals surface area contributed by atoms with Crippen molar-refractivity contribution in [3.05, 3.63) is 46.1 Å². The first-order valence-corrected chi connectivity index (χ1v) is 9.72. The number of hydrogen-bond donors (Lipinski definition) is 1. The number of carbonyl (C=O) groups is 1. The predicted molar refractivity (Wildman–Crippen MR) is 102 cm³/mol. The summed E-state index contributed by atoms with van der Waals surface area (Å²) in [6.07, 6.45) is 7.04. The highest BCUT2D eigenvalue weighted by Crippen LogP contribution is 2.21. The molecule has 0 bridgehead atoms. The monoisotopic (exact) mass is 367 g/mol. The highest BCUT2D eigenvalue weighted by atomic mass is 16.2. The molecule has 0 saturated carbocycles. The minimum absolute atomic E-state index is 0.0595. The summed E-state index contributed by atoms with van der Waals surface area (Å²) in [4.78, 5) is 41.4. The Bertz CT molecular complexity index is 874. The molecule has 1 fully saturated rings. The van der Waals surface area contributed by atoms with E-state index in [1.165, 1.54) is 12.8 Å². The predicted octanol–water partition coefficient (Wildman–Crippen LogP) is 1.59. The van der Waals surface area contributed by atoms with Crippen molar-refractivity contribution < 1.29 is 4.79 Å². The van der Waals surface area contributed by atoms with Gasteiger partial charge in [0.05, 0.1) is 18.3 Å². The molecule has 1 N–H and O–H groups in total. The smallest absolute Gasteiger partial charge is 0.254 e. The maximum absolute atomic E-state index is 13.1. The summed E-state index contributed by atoms with van der Waals surface area (Å²) in [5, 5.41) is 0. The van der Waals surface area contributed by atoms with E-state index in [2.05, 4.69) is 26.8 Å². The van der Waals surface area contributed by atoms with Gasteiger partial charge in [0.2, 0.25) is 5.91 Å². The van der Waals surface area contributed by atoms with Gasteiger partial charge in [-0.25, -0.2) is 4.98 Å². The van der Waals surface area contributed by atoms with Crippen molar-refractivity contribution in [3.8, 4) is 11.4 Å². The second-order valence-electron chi connectivity index (χ2n) is 7.25. The Kier molecular flexibility index (Phi) is 5.03. The van der Waals surface area contributed by atoms with Crippen LogP contribution in [0.25, 0.3) is 11.4 Å². The van der Waals surface area contributed by atoms with E-state index >= 15 is 0 Å². The molecule has 27 heavy (non-hydrogen) atoms. The average Bonchev–Trinajstić information content (AvgIpc) is 3.23. The molecule has 2 aliphatic rings. The fraction of sp³-hybridized carbons (Fsp3) is 0.500. The number of hydrogen-bond acceptors (Lipinski definition) is 5. The van der Waals surface area contributed by atoms with Crippen LogP contribution in [-0.2, 0) is 17.8 Å². The Hall–Kier alpha value is -2.54. The number of amides is 1. The number of aromatic amines is 1. The van der Waals surface area contributed by atoms with Gasteiger partial charge in [-0.2, -0.15) is 0 Å². The first-order valence-electron chi connectivity index (χ1n) is 9.72. The van der Waals surface area contributed by atoms with Gasteiger partial charge in [-0.3, -0.25) is 19.5 Å². The van der Waals surface area contributed by atoms with Crippen molar-refractivity contribution in [1.29, 1.82) is 0 Å². The molecule has 7 heteroatoms. The molecule has 0 aromatic carbocycles. The van der Waals surface area contributed by atoms with E-state index in [4.69, 9.17) is 0 Å². The summed E-state index contributed by atoms with van der Waals surface area (Å²) >= 11 is 0. The molecule has 0 radical (unpaired) electrons. The van der Waals surface area contributed by atoms with Crippen LogP contribution in [0.5, 0.6) is 0 Å².